The molecule has 98 valence electrons. The first-order valence-electron chi connectivity index (χ1n) is 5.82. The third-order valence-corrected chi connectivity index (χ3v) is 2.02. The molecule has 0 aromatic rings. The zero-order valence-corrected chi connectivity index (χ0v) is 10.4. The second kappa shape index (κ2) is 9.99. The van der Waals surface area contributed by atoms with E-state index in [0.29, 0.717) is 13.2 Å². The van der Waals surface area contributed by atoms with Crippen molar-refractivity contribution >= 4 is 0 Å². The van der Waals surface area contributed by atoms with Crippen LogP contribution in [0.4, 0.5) is 0 Å². The van der Waals surface area contributed by atoms with Crippen LogP contribution in [0, 0.1) is 0 Å². The molecule has 0 heterocycles. The van der Waals surface area contributed by atoms with Crippen molar-refractivity contribution in [2.45, 2.75) is 52.3 Å². The summed E-state index contributed by atoms with van der Waals surface area (Å²) >= 11 is 0. The molecule has 3 atom stereocenters. The lowest BCUT2D eigenvalue weighted by molar-refractivity contribution is -0.202. The molecule has 0 aliphatic rings. The molecule has 3 unspecified atom stereocenters. The Bertz CT molecular complexity index is 153. The van der Waals surface area contributed by atoms with Gasteiger partial charge in [0.25, 0.3) is 0 Å². The molecule has 0 amide bonds. The topological polar surface area (TPSA) is 68.2 Å². The molecular weight excluding hydrogens is 212 g/mol. The second-order valence-electron chi connectivity index (χ2n) is 3.54. The van der Waals surface area contributed by atoms with Gasteiger partial charge >= 0.3 is 0 Å². The maximum atomic E-state index is 9.41. The Balaban J connectivity index is 3.53. The summed E-state index contributed by atoms with van der Waals surface area (Å²) in [6.45, 7) is 6.57. The molecule has 0 aliphatic heterocycles. The molecular formula is C11H24O5. The van der Waals surface area contributed by atoms with Crippen LogP contribution in [0.5, 0.6) is 0 Å². The number of hydrogen-bond acceptors (Lipinski definition) is 5. The van der Waals surface area contributed by atoms with E-state index in [-0.39, 0.29) is 12.9 Å². The summed E-state index contributed by atoms with van der Waals surface area (Å²) < 4.78 is 15.3. The van der Waals surface area contributed by atoms with Crippen LogP contribution in [0.3, 0.4) is 0 Å². The molecule has 5 heteroatoms. The molecule has 0 aliphatic carbocycles. The van der Waals surface area contributed by atoms with Gasteiger partial charge < -0.3 is 24.4 Å². The van der Waals surface area contributed by atoms with Gasteiger partial charge in [-0.15, -0.1) is 0 Å². The van der Waals surface area contributed by atoms with Crippen LogP contribution < -0.4 is 0 Å². The fourth-order valence-corrected chi connectivity index (χ4v) is 1.04. The molecule has 0 saturated heterocycles. The molecule has 0 aromatic carbocycles. The lowest BCUT2D eigenvalue weighted by atomic mass is 10.3. The van der Waals surface area contributed by atoms with Crippen molar-refractivity contribution in [2.24, 2.45) is 0 Å². The molecule has 0 saturated carbocycles. The molecule has 2 N–H and O–H groups in total. The van der Waals surface area contributed by atoms with Gasteiger partial charge in [0.15, 0.2) is 12.6 Å². The van der Waals surface area contributed by atoms with Gasteiger partial charge in [-0.2, -0.15) is 0 Å². The van der Waals surface area contributed by atoms with Crippen LogP contribution in [0.15, 0.2) is 0 Å². The van der Waals surface area contributed by atoms with Gasteiger partial charge in [-0.05, 0) is 20.3 Å². The lowest BCUT2D eigenvalue weighted by Crippen LogP contribution is -2.34. The van der Waals surface area contributed by atoms with E-state index >= 15 is 0 Å². The molecule has 0 fully saturated rings. The van der Waals surface area contributed by atoms with E-state index in [4.69, 9.17) is 14.2 Å². The fraction of sp³-hybridized carbons (Fsp3) is 1.00. The number of aliphatic hydroxyl groups excluding tert-OH is 2. The van der Waals surface area contributed by atoms with Gasteiger partial charge in [0.2, 0.25) is 0 Å². The van der Waals surface area contributed by atoms with Gasteiger partial charge in [0.1, 0.15) is 6.10 Å². The minimum absolute atomic E-state index is 0.00550. The predicted molar refractivity (Wildman–Crippen MR) is 59.9 cm³/mol. The van der Waals surface area contributed by atoms with Gasteiger partial charge in [-0.3, -0.25) is 0 Å². The van der Waals surface area contributed by atoms with Crippen molar-refractivity contribution in [2.75, 3.05) is 19.8 Å². The summed E-state index contributed by atoms with van der Waals surface area (Å²) in [7, 11) is 0. The van der Waals surface area contributed by atoms with Crippen LogP contribution in [0.25, 0.3) is 0 Å². The maximum absolute atomic E-state index is 9.41. The SMILES string of the molecule is CCCCOC(C)OCC(O)C(O)OCC. The normalized spacial score (nSPS) is 17.1. The summed E-state index contributed by atoms with van der Waals surface area (Å²) in [6.07, 6.45) is -0.573. The molecule has 16 heavy (non-hydrogen) atoms. The Labute approximate surface area is 97.3 Å². The van der Waals surface area contributed by atoms with Crippen LogP contribution in [-0.2, 0) is 14.2 Å². The zero-order valence-electron chi connectivity index (χ0n) is 10.4. The van der Waals surface area contributed by atoms with Gasteiger partial charge in [-0.1, -0.05) is 13.3 Å². The summed E-state index contributed by atoms with van der Waals surface area (Å²) in [4.78, 5) is 0. The highest BCUT2D eigenvalue weighted by Gasteiger charge is 2.17. The minimum Gasteiger partial charge on any atom is -0.385 e. The van der Waals surface area contributed by atoms with Crippen molar-refractivity contribution < 1.29 is 24.4 Å². The van der Waals surface area contributed by atoms with Gasteiger partial charge in [0.05, 0.1) is 6.61 Å². The highest BCUT2D eigenvalue weighted by atomic mass is 16.7. The largest absolute Gasteiger partial charge is 0.385 e. The Kier molecular flexibility index (Phi) is 9.86. The summed E-state index contributed by atoms with van der Waals surface area (Å²) in [5, 5.41) is 18.7. The molecule has 0 rings (SSSR count). The van der Waals surface area contributed by atoms with E-state index in [9.17, 15) is 10.2 Å². The molecule has 0 spiro atoms. The Morgan fingerprint density at radius 3 is 2.31 bits per heavy atom. The zero-order chi connectivity index (χ0) is 12.4. The van der Waals surface area contributed by atoms with Gasteiger partial charge in [0, 0.05) is 13.2 Å². The number of unbranched alkanes of at least 4 members (excludes halogenated alkanes) is 1. The number of aliphatic hydroxyl groups is 2. The predicted octanol–water partition coefficient (Wildman–Crippen LogP) is 0.881. The number of hydrogen-bond donors (Lipinski definition) is 2. The van der Waals surface area contributed by atoms with Crippen molar-refractivity contribution in [3.8, 4) is 0 Å². The first-order chi connectivity index (χ1) is 7.61. The Morgan fingerprint density at radius 2 is 1.75 bits per heavy atom. The highest BCUT2D eigenvalue weighted by molar-refractivity contribution is 4.56. The first kappa shape index (κ1) is 15.8. The van der Waals surface area contributed by atoms with E-state index < -0.39 is 12.4 Å². The van der Waals surface area contributed by atoms with E-state index in [1.807, 2.05) is 0 Å². The first-order valence-corrected chi connectivity index (χ1v) is 5.82. The minimum atomic E-state index is -1.20. The molecule has 0 aromatic heterocycles. The summed E-state index contributed by atoms with van der Waals surface area (Å²) in [6, 6.07) is 0. The Morgan fingerprint density at radius 1 is 1.06 bits per heavy atom. The smallest absolute Gasteiger partial charge is 0.183 e. The molecule has 0 bridgehead atoms. The molecule has 0 radical (unpaired) electrons. The monoisotopic (exact) mass is 236 g/mol. The van der Waals surface area contributed by atoms with Crippen LogP contribution in [0.2, 0.25) is 0 Å². The maximum Gasteiger partial charge on any atom is 0.183 e. The Hall–Kier alpha value is -0.200. The van der Waals surface area contributed by atoms with Crippen molar-refractivity contribution in [1.82, 2.24) is 0 Å². The van der Waals surface area contributed by atoms with E-state index in [0.717, 1.165) is 12.8 Å². The average Bonchev–Trinajstić information content (AvgIpc) is 2.26. The van der Waals surface area contributed by atoms with Crippen molar-refractivity contribution in [3.05, 3.63) is 0 Å². The van der Waals surface area contributed by atoms with Gasteiger partial charge in [-0.25, -0.2) is 0 Å². The van der Waals surface area contributed by atoms with Crippen LogP contribution in [-0.4, -0.2) is 48.7 Å². The van der Waals surface area contributed by atoms with E-state index in [1.165, 1.54) is 0 Å². The highest BCUT2D eigenvalue weighted by Crippen LogP contribution is 2.01. The van der Waals surface area contributed by atoms with E-state index in [2.05, 4.69) is 6.92 Å². The number of rotatable bonds is 10. The van der Waals surface area contributed by atoms with Crippen molar-refractivity contribution in [3.63, 3.8) is 0 Å². The standard InChI is InChI=1S/C11H24O5/c1-4-6-7-15-9(3)16-8-10(12)11(13)14-5-2/h9-13H,4-8H2,1-3H3. The third-order valence-electron chi connectivity index (χ3n) is 2.02. The third kappa shape index (κ3) is 8.01. The fourth-order valence-electron chi connectivity index (χ4n) is 1.04. The number of ether oxygens (including phenoxy) is 3. The lowest BCUT2D eigenvalue weighted by Gasteiger charge is -2.20. The second-order valence-corrected chi connectivity index (χ2v) is 3.54. The summed E-state index contributed by atoms with van der Waals surface area (Å²) in [5.41, 5.74) is 0. The van der Waals surface area contributed by atoms with Crippen molar-refractivity contribution in [1.29, 1.82) is 0 Å². The van der Waals surface area contributed by atoms with E-state index in [1.54, 1.807) is 13.8 Å². The average molecular weight is 236 g/mol. The summed E-state index contributed by atoms with van der Waals surface area (Å²) in [5.74, 6) is 0. The quantitative estimate of drug-likeness (QED) is 0.435. The van der Waals surface area contributed by atoms with Crippen LogP contribution >= 0.6 is 0 Å². The van der Waals surface area contributed by atoms with Crippen LogP contribution in [0.1, 0.15) is 33.6 Å². The molecule has 5 nitrogen and oxygen atoms in total.